The van der Waals surface area contributed by atoms with Crippen molar-refractivity contribution >= 4 is 0 Å². The number of rotatable bonds is 2. The molecule has 3 atom stereocenters. The van der Waals surface area contributed by atoms with E-state index in [-0.39, 0.29) is 23.4 Å². The van der Waals surface area contributed by atoms with Crippen LogP contribution in [0.15, 0.2) is 18.2 Å². The Balaban J connectivity index is 1.77. The average Bonchev–Trinajstić information content (AvgIpc) is 2.86. The van der Waals surface area contributed by atoms with Crippen molar-refractivity contribution in [3.05, 3.63) is 35.1 Å². The van der Waals surface area contributed by atoms with Crippen LogP contribution >= 0.6 is 0 Å². The molecule has 4 heteroatoms. The van der Waals surface area contributed by atoms with E-state index in [1.165, 1.54) is 0 Å². The molecule has 2 aliphatic heterocycles. The summed E-state index contributed by atoms with van der Waals surface area (Å²) < 4.78 is 25.5. The van der Waals surface area contributed by atoms with Crippen molar-refractivity contribution in [1.29, 1.82) is 0 Å². The summed E-state index contributed by atoms with van der Waals surface area (Å²) in [5.41, 5.74) is 7.70. The van der Waals surface area contributed by atoms with Crippen molar-refractivity contribution in [3.63, 3.8) is 0 Å². The molecule has 2 saturated heterocycles. The maximum Gasteiger partial charge on any atom is 0.128 e. The minimum Gasteiger partial charge on any atom is -0.378 e. The zero-order chi connectivity index (χ0) is 14.2. The molecule has 0 aromatic heterocycles. The lowest BCUT2D eigenvalue weighted by Crippen LogP contribution is -2.43. The van der Waals surface area contributed by atoms with Crippen LogP contribution in [0.5, 0.6) is 0 Å². The highest BCUT2D eigenvalue weighted by atomic mass is 19.1. The minimum absolute atomic E-state index is 0.179. The number of benzene rings is 1. The lowest BCUT2D eigenvalue weighted by molar-refractivity contribution is -0.101. The third kappa shape index (κ3) is 2.60. The van der Waals surface area contributed by atoms with E-state index in [1.807, 2.05) is 19.1 Å². The molecule has 0 radical (unpaired) electrons. The first-order chi connectivity index (χ1) is 9.60. The van der Waals surface area contributed by atoms with Gasteiger partial charge in [0.25, 0.3) is 0 Å². The number of aryl methyl sites for hydroxylation is 1. The third-order valence-corrected chi connectivity index (χ3v) is 4.62. The van der Waals surface area contributed by atoms with Crippen LogP contribution in [0.1, 0.15) is 36.4 Å². The predicted molar refractivity (Wildman–Crippen MR) is 74.9 cm³/mol. The molecule has 3 unspecified atom stereocenters. The molecule has 1 aromatic carbocycles. The summed E-state index contributed by atoms with van der Waals surface area (Å²) in [5, 5.41) is 0. The zero-order valence-electron chi connectivity index (χ0n) is 11.9. The summed E-state index contributed by atoms with van der Waals surface area (Å²) in [6.45, 7) is 3.97. The fourth-order valence-electron chi connectivity index (χ4n) is 3.39. The number of hydrogen-bond donors (Lipinski definition) is 1. The van der Waals surface area contributed by atoms with E-state index in [9.17, 15) is 4.39 Å². The number of halogens is 1. The van der Waals surface area contributed by atoms with Gasteiger partial charge >= 0.3 is 0 Å². The van der Waals surface area contributed by atoms with Gasteiger partial charge in [-0.3, -0.25) is 0 Å². The van der Waals surface area contributed by atoms with Crippen LogP contribution in [-0.4, -0.2) is 25.4 Å². The molecule has 1 aromatic rings. The lowest BCUT2D eigenvalue weighted by Gasteiger charge is -2.39. The van der Waals surface area contributed by atoms with Crippen molar-refractivity contribution in [3.8, 4) is 0 Å². The van der Waals surface area contributed by atoms with Gasteiger partial charge in [-0.15, -0.1) is 0 Å². The highest BCUT2D eigenvalue weighted by Crippen LogP contribution is 2.40. The number of ether oxygens (including phenoxy) is 2. The van der Waals surface area contributed by atoms with Crippen LogP contribution in [0.2, 0.25) is 0 Å². The number of hydrogen-bond acceptors (Lipinski definition) is 3. The van der Waals surface area contributed by atoms with Gasteiger partial charge in [0.15, 0.2) is 0 Å². The molecule has 0 aliphatic carbocycles. The molecule has 110 valence electrons. The first-order valence-electron chi connectivity index (χ1n) is 7.33. The molecule has 1 spiro atoms. The molecule has 20 heavy (non-hydrogen) atoms. The zero-order valence-corrected chi connectivity index (χ0v) is 11.9. The molecular formula is C16H22FNO2. The van der Waals surface area contributed by atoms with Gasteiger partial charge in [-0.05, 0) is 37.3 Å². The summed E-state index contributed by atoms with van der Waals surface area (Å²) in [6, 6.07) is 5.04. The topological polar surface area (TPSA) is 44.5 Å². The molecule has 2 N–H and O–H groups in total. The Bertz CT molecular complexity index is 485. The minimum atomic E-state index is -0.267. The van der Waals surface area contributed by atoms with Crippen LogP contribution in [0.25, 0.3) is 0 Å². The van der Waals surface area contributed by atoms with Crippen molar-refractivity contribution in [2.45, 2.75) is 37.8 Å². The van der Waals surface area contributed by atoms with Gasteiger partial charge in [0.2, 0.25) is 0 Å². The largest absolute Gasteiger partial charge is 0.378 e. The van der Waals surface area contributed by atoms with E-state index < -0.39 is 0 Å². The molecule has 0 amide bonds. The molecule has 0 saturated carbocycles. The van der Waals surface area contributed by atoms with E-state index in [1.54, 1.807) is 6.07 Å². The van der Waals surface area contributed by atoms with Crippen molar-refractivity contribution in [2.24, 2.45) is 11.7 Å². The fourth-order valence-corrected chi connectivity index (χ4v) is 3.39. The van der Waals surface area contributed by atoms with Crippen LogP contribution in [0, 0.1) is 18.7 Å². The maximum atomic E-state index is 14.1. The highest BCUT2D eigenvalue weighted by molar-refractivity contribution is 5.26. The summed E-state index contributed by atoms with van der Waals surface area (Å²) in [4.78, 5) is 0. The molecule has 2 heterocycles. The van der Waals surface area contributed by atoms with E-state index >= 15 is 0 Å². The first-order valence-corrected chi connectivity index (χ1v) is 7.33. The summed E-state index contributed by atoms with van der Waals surface area (Å²) in [7, 11) is 0. The van der Waals surface area contributed by atoms with Crippen LogP contribution < -0.4 is 5.73 Å². The van der Waals surface area contributed by atoms with Gasteiger partial charge in [-0.25, -0.2) is 4.39 Å². The summed E-state index contributed by atoms with van der Waals surface area (Å²) in [6.07, 6.45) is 2.67. The van der Waals surface area contributed by atoms with E-state index in [0.29, 0.717) is 18.8 Å². The second-order valence-corrected chi connectivity index (χ2v) is 6.14. The highest BCUT2D eigenvalue weighted by Gasteiger charge is 2.42. The quantitative estimate of drug-likeness (QED) is 0.905. The SMILES string of the molecule is Cc1ccc(C(N)C2CCOC3(CCOC3)C2)c(F)c1. The van der Waals surface area contributed by atoms with Gasteiger partial charge in [0.05, 0.1) is 12.2 Å². The Kier molecular flexibility index (Phi) is 3.80. The van der Waals surface area contributed by atoms with Gasteiger partial charge in [-0.1, -0.05) is 12.1 Å². The van der Waals surface area contributed by atoms with Crippen molar-refractivity contribution < 1.29 is 13.9 Å². The molecule has 3 nitrogen and oxygen atoms in total. The standard InChI is InChI=1S/C16H22FNO2/c1-11-2-3-13(14(17)8-11)15(18)12-4-6-20-16(9-12)5-7-19-10-16/h2-3,8,12,15H,4-7,9-10,18H2,1H3. The Hall–Kier alpha value is -0.970. The molecule has 0 bridgehead atoms. The Morgan fingerprint density at radius 1 is 1.40 bits per heavy atom. The predicted octanol–water partition coefficient (Wildman–Crippen LogP) is 2.72. The molecule has 2 aliphatic rings. The van der Waals surface area contributed by atoms with Crippen LogP contribution in [0.3, 0.4) is 0 Å². The first kappa shape index (κ1) is 14.0. The molecule has 3 rings (SSSR count). The van der Waals surface area contributed by atoms with Gasteiger partial charge in [-0.2, -0.15) is 0 Å². The third-order valence-electron chi connectivity index (χ3n) is 4.62. The molecular weight excluding hydrogens is 257 g/mol. The second kappa shape index (κ2) is 5.43. The lowest BCUT2D eigenvalue weighted by atomic mass is 9.79. The smallest absolute Gasteiger partial charge is 0.128 e. The Morgan fingerprint density at radius 3 is 2.95 bits per heavy atom. The van der Waals surface area contributed by atoms with E-state index in [4.69, 9.17) is 15.2 Å². The van der Waals surface area contributed by atoms with E-state index in [0.717, 1.165) is 31.4 Å². The monoisotopic (exact) mass is 279 g/mol. The normalized spacial score (nSPS) is 31.6. The maximum absolute atomic E-state index is 14.1. The average molecular weight is 279 g/mol. The van der Waals surface area contributed by atoms with Crippen LogP contribution in [-0.2, 0) is 9.47 Å². The van der Waals surface area contributed by atoms with Crippen molar-refractivity contribution in [2.75, 3.05) is 19.8 Å². The van der Waals surface area contributed by atoms with Crippen molar-refractivity contribution in [1.82, 2.24) is 0 Å². The fraction of sp³-hybridized carbons (Fsp3) is 0.625. The van der Waals surface area contributed by atoms with Gasteiger partial charge in [0.1, 0.15) is 5.82 Å². The van der Waals surface area contributed by atoms with Gasteiger partial charge < -0.3 is 15.2 Å². The van der Waals surface area contributed by atoms with Crippen LogP contribution in [0.4, 0.5) is 4.39 Å². The summed E-state index contributed by atoms with van der Waals surface area (Å²) >= 11 is 0. The van der Waals surface area contributed by atoms with Gasteiger partial charge in [0, 0.05) is 31.2 Å². The second-order valence-electron chi connectivity index (χ2n) is 6.14. The molecule has 2 fully saturated rings. The summed E-state index contributed by atoms with van der Waals surface area (Å²) in [5.74, 6) is 0.0587. The Morgan fingerprint density at radius 2 is 2.25 bits per heavy atom. The number of nitrogens with two attached hydrogens (primary N) is 1. The van der Waals surface area contributed by atoms with E-state index in [2.05, 4.69) is 0 Å². The Labute approximate surface area is 119 Å².